The zero-order valence-electron chi connectivity index (χ0n) is 16.2. The lowest BCUT2D eigenvalue weighted by Crippen LogP contribution is -2.71. The second-order valence-corrected chi connectivity index (χ2v) is 8.53. The van der Waals surface area contributed by atoms with Gasteiger partial charge in [0.1, 0.15) is 11.4 Å². The summed E-state index contributed by atoms with van der Waals surface area (Å²) in [4.78, 5) is 37.9. The first-order valence-corrected chi connectivity index (χ1v) is 10.1. The van der Waals surface area contributed by atoms with Crippen molar-refractivity contribution in [2.45, 2.75) is 44.2 Å². The summed E-state index contributed by atoms with van der Waals surface area (Å²) in [6.07, 6.45) is 2.58. The summed E-state index contributed by atoms with van der Waals surface area (Å²) >= 11 is 5.76. The first-order valence-electron chi connectivity index (χ1n) is 9.70. The minimum absolute atomic E-state index is 0.0608. The Morgan fingerprint density at radius 3 is 2.55 bits per heavy atom. The van der Waals surface area contributed by atoms with Gasteiger partial charge in [0, 0.05) is 17.4 Å². The molecule has 1 aliphatic carbocycles. The topological polar surface area (TPSA) is 133 Å². The molecule has 0 bridgehead atoms. The number of hydrogen-bond donors (Lipinski definition) is 4. The molecule has 2 aliphatic rings. The van der Waals surface area contributed by atoms with E-state index in [9.17, 15) is 24.6 Å². The number of β-amino-alcohol motifs (C(OH)–C–C–N with tert-alkyl or cyclic N) is 1. The van der Waals surface area contributed by atoms with Crippen LogP contribution in [0, 0.1) is 11.8 Å². The summed E-state index contributed by atoms with van der Waals surface area (Å²) in [5.74, 6) is -1.69. The smallest absolute Gasteiger partial charge is 0.254 e. The standard InChI is InChI=1S/C20H26ClN3O5/c1-11(23-18(27)13-4-2-3-12(7-13)17(22)26)20(29)9-24(10-20)19(28)14-5-6-15(21)16(25)8-14/h5-6,8,11-13,25,29H,2-4,7,9-10H2,1H3,(H2,22,26)(H,23,27). The van der Waals surface area contributed by atoms with Gasteiger partial charge in [0.2, 0.25) is 11.8 Å². The van der Waals surface area contributed by atoms with Crippen LogP contribution < -0.4 is 11.1 Å². The zero-order chi connectivity index (χ0) is 21.3. The number of phenolic OH excluding ortho intramolecular Hbond substituents is 1. The van der Waals surface area contributed by atoms with Crippen molar-refractivity contribution in [3.8, 4) is 5.75 Å². The summed E-state index contributed by atoms with van der Waals surface area (Å²) < 4.78 is 0. The van der Waals surface area contributed by atoms with Crippen molar-refractivity contribution < 1.29 is 24.6 Å². The van der Waals surface area contributed by atoms with Crippen LogP contribution in [0.15, 0.2) is 18.2 Å². The molecule has 3 amide bonds. The fraction of sp³-hybridized carbons (Fsp3) is 0.550. The van der Waals surface area contributed by atoms with Crippen LogP contribution in [0.4, 0.5) is 0 Å². The average Bonchev–Trinajstić information content (AvgIpc) is 2.67. The summed E-state index contributed by atoms with van der Waals surface area (Å²) in [7, 11) is 0. The van der Waals surface area contributed by atoms with Crippen LogP contribution in [-0.4, -0.2) is 57.6 Å². The van der Waals surface area contributed by atoms with Crippen molar-refractivity contribution in [1.29, 1.82) is 0 Å². The van der Waals surface area contributed by atoms with E-state index >= 15 is 0 Å². The quantitative estimate of drug-likeness (QED) is 0.561. The van der Waals surface area contributed by atoms with E-state index in [2.05, 4.69) is 5.32 Å². The fourth-order valence-electron chi connectivity index (χ4n) is 4.01. The van der Waals surface area contributed by atoms with E-state index in [1.54, 1.807) is 6.92 Å². The average molecular weight is 424 g/mol. The van der Waals surface area contributed by atoms with Crippen LogP contribution >= 0.6 is 11.6 Å². The highest BCUT2D eigenvalue weighted by Gasteiger charge is 2.48. The number of aromatic hydroxyl groups is 1. The molecular formula is C20H26ClN3O5. The molecule has 1 aromatic carbocycles. The molecule has 1 saturated heterocycles. The molecule has 9 heteroatoms. The maximum atomic E-state index is 12.6. The second kappa shape index (κ2) is 8.20. The number of nitrogens with two attached hydrogens (primary N) is 1. The van der Waals surface area contributed by atoms with Gasteiger partial charge in [-0.05, 0) is 44.4 Å². The number of hydrogen-bond acceptors (Lipinski definition) is 5. The lowest BCUT2D eigenvalue weighted by Gasteiger charge is -2.50. The number of aliphatic hydroxyl groups is 1. The molecule has 1 aromatic rings. The van der Waals surface area contributed by atoms with E-state index in [1.165, 1.54) is 23.1 Å². The van der Waals surface area contributed by atoms with Crippen molar-refractivity contribution in [2.24, 2.45) is 17.6 Å². The van der Waals surface area contributed by atoms with E-state index in [1.807, 2.05) is 0 Å². The number of likely N-dealkylation sites (tertiary alicyclic amines) is 1. The van der Waals surface area contributed by atoms with Crippen LogP contribution in [0.1, 0.15) is 43.0 Å². The zero-order valence-corrected chi connectivity index (χ0v) is 17.0. The van der Waals surface area contributed by atoms with Crippen LogP contribution in [-0.2, 0) is 9.59 Å². The number of nitrogens with one attached hydrogen (secondary N) is 1. The third kappa shape index (κ3) is 4.48. The van der Waals surface area contributed by atoms with Gasteiger partial charge in [-0.3, -0.25) is 14.4 Å². The number of primary amides is 1. The number of carbonyl (C=O) groups excluding carboxylic acids is 3. The first kappa shape index (κ1) is 21.4. The minimum Gasteiger partial charge on any atom is -0.506 e. The van der Waals surface area contributed by atoms with Crippen LogP contribution in [0.3, 0.4) is 0 Å². The maximum Gasteiger partial charge on any atom is 0.254 e. The Labute approximate surface area is 174 Å². The second-order valence-electron chi connectivity index (χ2n) is 8.12. The van der Waals surface area contributed by atoms with Gasteiger partial charge in [0.05, 0.1) is 24.2 Å². The van der Waals surface area contributed by atoms with E-state index in [0.29, 0.717) is 19.3 Å². The highest BCUT2D eigenvalue weighted by molar-refractivity contribution is 6.32. The third-order valence-corrected chi connectivity index (χ3v) is 6.34. The monoisotopic (exact) mass is 423 g/mol. The molecule has 158 valence electrons. The summed E-state index contributed by atoms with van der Waals surface area (Å²) in [5.41, 5.74) is 4.40. The molecule has 1 saturated carbocycles. The lowest BCUT2D eigenvalue weighted by atomic mass is 9.80. The third-order valence-electron chi connectivity index (χ3n) is 6.02. The molecule has 2 fully saturated rings. The predicted octanol–water partition coefficient (Wildman–Crippen LogP) is 1.03. The molecular weight excluding hydrogens is 398 g/mol. The van der Waals surface area contributed by atoms with Gasteiger partial charge >= 0.3 is 0 Å². The van der Waals surface area contributed by atoms with Crippen LogP contribution in [0.2, 0.25) is 5.02 Å². The Kier molecular flexibility index (Phi) is 6.05. The first-order chi connectivity index (χ1) is 13.6. The highest BCUT2D eigenvalue weighted by Crippen LogP contribution is 2.31. The molecule has 29 heavy (non-hydrogen) atoms. The Bertz CT molecular complexity index is 824. The van der Waals surface area contributed by atoms with E-state index in [4.69, 9.17) is 17.3 Å². The molecule has 8 nitrogen and oxygen atoms in total. The molecule has 0 aromatic heterocycles. The van der Waals surface area contributed by atoms with Gasteiger partial charge in [-0.15, -0.1) is 0 Å². The molecule has 1 heterocycles. The number of phenols is 1. The summed E-state index contributed by atoms with van der Waals surface area (Å²) in [6.45, 7) is 1.82. The number of halogens is 1. The number of nitrogens with zero attached hydrogens (tertiary/aromatic N) is 1. The molecule has 0 spiro atoms. The van der Waals surface area contributed by atoms with Crippen molar-refractivity contribution in [3.63, 3.8) is 0 Å². The van der Waals surface area contributed by atoms with Crippen LogP contribution in [0.25, 0.3) is 0 Å². The van der Waals surface area contributed by atoms with Gasteiger partial charge < -0.3 is 26.2 Å². The van der Waals surface area contributed by atoms with E-state index < -0.39 is 11.6 Å². The fourth-order valence-corrected chi connectivity index (χ4v) is 4.13. The van der Waals surface area contributed by atoms with E-state index in [-0.39, 0.29) is 59.0 Å². The maximum absolute atomic E-state index is 12.6. The molecule has 3 rings (SSSR count). The molecule has 5 N–H and O–H groups in total. The van der Waals surface area contributed by atoms with Gasteiger partial charge in [0.25, 0.3) is 5.91 Å². The lowest BCUT2D eigenvalue weighted by molar-refractivity contribution is -0.136. The Balaban J connectivity index is 1.55. The highest BCUT2D eigenvalue weighted by atomic mass is 35.5. The van der Waals surface area contributed by atoms with Crippen molar-refractivity contribution >= 4 is 29.3 Å². The van der Waals surface area contributed by atoms with Crippen molar-refractivity contribution in [1.82, 2.24) is 10.2 Å². The van der Waals surface area contributed by atoms with Gasteiger partial charge in [0.15, 0.2) is 0 Å². The van der Waals surface area contributed by atoms with Crippen LogP contribution in [0.5, 0.6) is 5.75 Å². The summed E-state index contributed by atoms with van der Waals surface area (Å²) in [6, 6.07) is 3.66. The molecule has 0 radical (unpaired) electrons. The molecule has 3 unspecified atom stereocenters. The van der Waals surface area contributed by atoms with Gasteiger partial charge in [-0.25, -0.2) is 0 Å². The molecule has 1 aliphatic heterocycles. The summed E-state index contributed by atoms with van der Waals surface area (Å²) in [5, 5.41) is 23.4. The number of carbonyl (C=O) groups is 3. The van der Waals surface area contributed by atoms with Crippen molar-refractivity contribution in [2.75, 3.05) is 13.1 Å². The van der Waals surface area contributed by atoms with E-state index in [0.717, 1.165) is 6.42 Å². The Morgan fingerprint density at radius 2 is 1.93 bits per heavy atom. The molecule has 3 atom stereocenters. The Morgan fingerprint density at radius 1 is 1.28 bits per heavy atom. The van der Waals surface area contributed by atoms with Gasteiger partial charge in [-0.1, -0.05) is 18.0 Å². The number of rotatable bonds is 5. The SMILES string of the molecule is CC(NC(=O)C1CCCC(C(N)=O)C1)C1(O)CN(C(=O)c2ccc(Cl)c(O)c2)C1. The largest absolute Gasteiger partial charge is 0.506 e. The minimum atomic E-state index is -1.24. The van der Waals surface area contributed by atoms with Crippen molar-refractivity contribution in [3.05, 3.63) is 28.8 Å². The predicted molar refractivity (Wildman–Crippen MR) is 106 cm³/mol. The normalized spacial score (nSPS) is 24.3. The number of benzene rings is 1. The Hall–Kier alpha value is -2.32. The number of amides is 3. The van der Waals surface area contributed by atoms with Gasteiger partial charge in [-0.2, -0.15) is 0 Å².